The topological polar surface area (TPSA) is 275 Å². The Morgan fingerprint density at radius 2 is 1.48 bits per heavy atom. The van der Waals surface area contributed by atoms with Crippen LogP contribution in [-0.2, 0) is 23.7 Å². The van der Waals surface area contributed by atoms with E-state index in [2.05, 4.69) is 0 Å². The molecule has 2 fully saturated rings. The van der Waals surface area contributed by atoms with Gasteiger partial charge in [0, 0.05) is 24.6 Å². The van der Waals surface area contributed by atoms with Crippen molar-refractivity contribution < 1.29 is 78.9 Å². The third-order valence-electron chi connectivity index (χ3n) is 7.52. The first-order valence-electron chi connectivity index (χ1n) is 13.9. The van der Waals surface area contributed by atoms with Crippen LogP contribution in [0.1, 0.15) is 6.92 Å². The van der Waals surface area contributed by atoms with Gasteiger partial charge in [-0.15, -0.1) is 0 Å². The molecule has 10 atom stereocenters. The molecule has 2 aliphatic rings. The van der Waals surface area contributed by atoms with Crippen molar-refractivity contribution in [3.05, 3.63) is 46.6 Å². The van der Waals surface area contributed by atoms with Crippen molar-refractivity contribution in [1.29, 1.82) is 0 Å². The Kier molecular flexibility index (Phi) is 9.68. The van der Waals surface area contributed by atoms with E-state index in [1.807, 2.05) is 0 Å². The summed E-state index contributed by atoms with van der Waals surface area (Å²) < 4.78 is 33.4. The van der Waals surface area contributed by atoms with Gasteiger partial charge in [0.15, 0.2) is 18.2 Å². The van der Waals surface area contributed by atoms with Gasteiger partial charge in [-0.05, 0) is 24.3 Å². The molecule has 0 aliphatic carbocycles. The summed E-state index contributed by atoms with van der Waals surface area (Å²) in [5.41, 5.74) is -1.11. The van der Waals surface area contributed by atoms with Crippen molar-refractivity contribution in [2.75, 3.05) is 13.2 Å². The van der Waals surface area contributed by atoms with Gasteiger partial charge in [-0.1, -0.05) is 0 Å². The number of ether oxygens (including phenoxy) is 5. The maximum Gasteiger partial charge on any atom is 0.302 e. The quantitative estimate of drug-likeness (QED) is 0.121. The van der Waals surface area contributed by atoms with E-state index < -0.39 is 109 Å². The molecular weight excluding hydrogens is 620 g/mol. The molecule has 250 valence electrons. The summed E-state index contributed by atoms with van der Waals surface area (Å²) in [6, 6.07) is 7.17. The van der Waals surface area contributed by atoms with Gasteiger partial charge in [-0.25, -0.2) is 0 Å². The second-order valence-corrected chi connectivity index (χ2v) is 10.7. The van der Waals surface area contributed by atoms with Crippen LogP contribution in [0.4, 0.5) is 0 Å². The van der Waals surface area contributed by atoms with Gasteiger partial charge in [0.05, 0.1) is 6.61 Å². The molecule has 0 saturated carbocycles. The number of esters is 1. The molecule has 2 aliphatic heterocycles. The fraction of sp³-hybridized carbons (Fsp3) is 0.448. The van der Waals surface area contributed by atoms with Crippen molar-refractivity contribution in [2.24, 2.45) is 0 Å². The number of hydrogen-bond acceptors (Lipinski definition) is 17. The minimum absolute atomic E-state index is 0.137. The Bertz CT molecular complexity index is 1610. The zero-order valence-electron chi connectivity index (χ0n) is 23.9. The molecular formula is C29H32O17. The van der Waals surface area contributed by atoms with E-state index in [1.165, 1.54) is 24.3 Å². The lowest BCUT2D eigenvalue weighted by atomic mass is 9.97. The van der Waals surface area contributed by atoms with Crippen LogP contribution in [0.5, 0.6) is 23.0 Å². The fourth-order valence-electron chi connectivity index (χ4n) is 5.11. The molecule has 0 bridgehead atoms. The van der Waals surface area contributed by atoms with Crippen LogP contribution >= 0.6 is 0 Å². The van der Waals surface area contributed by atoms with Crippen LogP contribution in [-0.4, -0.2) is 127 Å². The molecule has 46 heavy (non-hydrogen) atoms. The van der Waals surface area contributed by atoms with Crippen molar-refractivity contribution >= 4 is 16.9 Å². The summed E-state index contributed by atoms with van der Waals surface area (Å²) in [6.45, 7) is -0.324. The monoisotopic (exact) mass is 652 g/mol. The molecule has 0 spiro atoms. The highest BCUT2D eigenvalue weighted by Crippen LogP contribution is 2.38. The maximum absolute atomic E-state index is 13.8. The van der Waals surface area contributed by atoms with Crippen LogP contribution in [0.25, 0.3) is 22.3 Å². The zero-order chi connectivity index (χ0) is 33.4. The van der Waals surface area contributed by atoms with Crippen molar-refractivity contribution in [3.8, 4) is 34.3 Å². The van der Waals surface area contributed by atoms with Crippen LogP contribution in [0, 0.1) is 0 Å². The van der Waals surface area contributed by atoms with Gasteiger partial charge in [0.25, 0.3) is 0 Å². The predicted molar refractivity (Wildman–Crippen MR) is 149 cm³/mol. The Balaban J connectivity index is 1.56. The van der Waals surface area contributed by atoms with Crippen LogP contribution in [0.15, 0.2) is 45.6 Å². The van der Waals surface area contributed by atoms with E-state index in [0.717, 1.165) is 19.1 Å². The largest absolute Gasteiger partial charge is 0.508 e. The second kappa shape index (κ2) is 13.4. The predicted octanol–water partition coefficient (Wildman–Crippen LogP) is -1.85. The van der Waals surface area contributed by atoms with E-state index in [4.69, 9.17) is 28.1 Å². The number of phenolic OH excluding ortho intramolecular Hbond substituents is 3. The summed E-state index contributed by atoms with van der Waals surface area (Å²) >= 11 is 0. The first-order chi connectivity index (χ1) is 21.8. The normalized spacial score (nSPS) is 31.5. The highest BCUT2D eigenvalue weighted by Gasteiger charge is 2.52. The van der Waals surface area contributed by atoms with Crippen molar-refractivity contribution in [2.45, 2.75) is 68.3 Å². The van der Waals surface area contributed by atoms with Gasteiger partial charge in [-0.3, -0.25) is 9.59 Å². The molecule has 2 aromatic carbocycles. The van der Waals surface area contributed by atoms with Gasteiger partial charge in [0.1, 0.15) is 77.6 Å². The highest BCUT2D eigenvalue weighted by atomic mass is 16.8. The molecule has 1 aromatic heterocycles. The zero-order valence-corrected chi connectivity index (χ0v) is 23.9. The second-order valence-electron chi connectivity index (χ2n) is 10.7. The standard InChI is InChI=1S/C29H32O17/c1-10(31)41-9-17-20(36)22(38)24(40)28(44-17)46-27-23(39)19(35)16(8-30)43-29(27)45-26-21(37)18-14(34)6-13(33)7-15(18)42-25(26)11-2-4-12(32)5-3-11/h2-7,16-17,19-20,22-24,27-30,32-36,38-40H,8-9H2,1H3/t16-,17-,19-,20-,22+,23+,24-,27-,28+,29+/m1/s1. The van der Waals surface area contributed by atoms with E-state index in [-0.39, 0.29) is 22.7 Å². The van der Waals surface area contributed by atoms with Gasteiger partial charge >= 0.3 is 5.97 Å². The smallest absolute Gasteiger partial charge is 0.302 e. The van der Waals surface area contributed by atoms with E-state index in [9.17, 15) is 55.5 Å². The molecule has 2 saturated heterocycles. The number of fused-ring (bicyclic) bond motifs is 1. The van der Waals surface area contributed by atoms with E-state index in [0.29, 0.717) is 0 Å². The Morgan fingerprint density at radius 1 is 0.826 bits per heavy atom. The van der Waals surface area contributed by atoms with Gasteiger partial charge < -0.3 is 74.1 Å². The fourth-order valence-corrected chi connectivity index (χ4v) is 5.11. The van der Waals surface area contributed by atoms with Crippen LogP contribution in [0.3, 0.4) is 0 Å². The summed E-state index contributed by atoms with van der Waals surface area (Å²) in [5, 5.41) is 92.6. The molecule has 0 radical (unpaired) electrons. The summed E-state index contributed by atoms with van der Waals surface area (Å²) in [7, 11) is 0. The summed E-state index contributed by atoms with van der Waals surface area (Å²) in [4.78, 5) is 25.1. The number of hydrogen-bond donors (Lipinski definition) is 9. The summed E-state index contributed by atoms with van der Waals surface area (Å²) in [6.07, 6.45) is -17.9. The van der Waals surface area contributed by atoms with Crippen LogP contribution in [0.2, 0.25) is 0 Å². The molecule has 3 aromatic rings. The lowest BCUT2D eigenvalue weighted by molar-refractivity contribution is -0.358. The van der Waals surface area contributed by atoms with Gasteiger partial charge in [0.2, 0.25) is 17.5 Å². The average Bonchev–Trinajstić information content (AvgIpc) is 3.01. The third-order valence-corrected chi connectivity index (χ3v) is 7.52. The minimum atomic E-state index is -1.97. The Labute approximate surface area is 258 Å². The minimum Gasteiger partial charge on any atom is -0.508 e. The first kappa shape index (κ1) is 33.3. The Hall–Kier alpha value is -4.04. The molecule has 3 heterocycles. The maximum atomic E-state index is 13.8. The number of carbonyl (C=O) groups is 1. The number of phenols is 3. The first-order valence-corrected chi connectivity index (χ1v) is 13.9. The number of rotatable bonds is 8. The lowest BCUT2D eigenvalue weighted by Crippen LogP contribution is -2.65. The number of carbonyl (C=O) groups excluding carboxylic acids is 1. The molecule has 0 amide bonds. The molecule has 5 rings (SSSR count). The summed E-state index contributed by atoms with van der Waals surface area (Å²) in [5.74, 6) is -2.95. The van der Waals surface area contributed by atoms with Gasteiger partial charge in [-0.2, -0.15) is 0 Å². The lowest BCUT2D eigenvalue weighted by Gasteiger charge is -2.45. The number of aliphatic hydroxyl groups is 6. The average molecular weight is 653 g/mol. The highest BCUT2D eigenvalue weighted by molar-refractivity contribution is 5.88. The van der Waals surface area contributed by atoms with Crippen molar-refractivity contribution in [3.63, 3.8) is 0 Å². The SMILES string of the molecule is CC(=O)OC[C@H]1O[C@@H](O[C@H]2[C@H](Oc3c(-c4ccc(O)cc4)oc4cc(O)cc(O)c4c3=O)O[C@H](CO)[C@@H](O)[C@@H]2O)[C@H](O)[C@@H](O)[C@@H]1O. The third kappa shape index (κ3) is 6.45. The van der Waals surface area contributed by atoms with Crippen LogP contribution < -0.4 is 10.2 Å². The molecule has 17 heteroatoms. The molecule has 9 N–H and O–H groups in total. The van der Waals surface area contributed by atoms with E-state index >= 15 is 0 Å². The number of aliphatic hydroxyl groups excluding tert-OH is 6. The Morgan fingerprint density at radius 3 is 2.13 bits per heavy atom. The molecule has 0 unspecified atom stereocenters. The number of benzene rings is 2. The van der Waals surface area contributed by atoms with Crippen molar-refractivity contribution in [1.82, 2.24) is 0 Å². The van der Waals surface area contributed by atoms with E-state index in [1.54, 1.807) is 0 Å². The number of aromatic hydroxyl groups is 3. The molecule has 17 nitrogen and oxygen atoms in total.